The first kappa shape index (κ1) is 22.8. The lowest BCUT2D eigenvalue weighted by Gasteiger charge is -2.23. The van der Waals surface area contributed by atoms with Crippen LogP contribution in [0.15, 0.2) is 53.0 Å². The molecule has 31 heavy (non-hydrogen) atoms. The van der Waals surface area contributed by atoms with Gasteiger partial charge in [-0.15, -0.1) is 10.2 Å². The topological polar surface area (TPSA) is 96.0 Å². The minimum atomic E-state index is -0.807. The van der Waals surface area contributed by atoms with Crippen LogP contribution in [0, 0.1) is 11.7 Å². The third-order valence-corrected chi connectivity index (χ3v) is 6.03. The van der Waals surface area contributed by atoms with Gasteiger partial charge in [-0.2, -0.15) is 0 Å². The van der Waals surface area contributed by atoms with Crippen LogP contribution in [0.3, 0.4) is 0 Å². The summed E-state index contributed by atoms with van der Waals surface area (Å²) >= 11 is 4.63. The molecule has 0 aliphatic heterocycles. The Morgan fingerprint density at radius 3 is 2.55 bits per heavy atom. The van der Waals surface area contributed by atoms with Crippen LogP contribution in [-0.2, 0) is 4.79 Å². The first-order chi connectivity index (χ1) is 14.9. The number of urea groups is 1. The van der Waals surface area contributed by atoms with Gasteiger partial charge in [0.25, 0.3) is 0 Å². The van der Waals surface area contributed by atoms with Gasteiger partial charge in [0.2, 0.25) is 11.0 Å². The normalized spacial score (nSPS) is 12.6. The maximum Gasteiger partial charge on any atom is 0.319 e. The Morgan fingerprint density at radius 2 is 1.87 bits per heavy atom. The Kier molecular flexibility index (Phi) is 7.69. The monoisotopic (exact) mass is 505 g/mol. The summed E-state index contributed by atoms with van der Waals surface area (Å²) in [5.74, 6) is -1.01. The minimum Gasteiger partial charge on any atom is -0.326 e. The number of anilines is 2. The molecule has 7 nitrogen and oxygen atoms in total. The molecule has 3 amide bonds. The van der Waals surface area contributed by atoms with Crippen LogP contribution < -0.4 is 16.0 Å². The van der Waals surface area contributed by atoms with Gasteiger partial charge >= 0.3 is 6.03 Å². The van der Waals surface area contributed by atoms with Crippen LogP contribution in [-0.4, -0.2) is 28.2 Å². The van der Waals surface area contributed by atoms with Crippen molar-refractivity contribution >= 4 is 50.0 Å². The summed E-state index contributed by atoms with van der Waals surface area (Å²) in [5.41, 5.74) is 1.18. The predicted octanol–water partition coefficient (Wildman–Crippen LogP) is 5.28. The van der Waals surface area contributed by atoms with Gasteiger partial charge in [0.15, 0.2) is 0 Å². The second kappa shape index (κ2) is 10.5. The fourth-order valence-corrected chi connectivity index (χ4v) is 3.76. The van der Waals surface area contributed by atoms with Crippen molar-refractivity contribution in [3.8, 4) is 10.6 Å². The standard InChI is InChI=1S/C21H21BrFN5O2S/c1-3-12(2)17(25-20(30)24-16-6-4-5-15(23)11-16)18(29)26-21-28-27-19(31-21)13-7-9-14(22)10-8-13/h4-12,17H,3H2,1-2H3,(H2,24,25,30)(H,26,28,29)/t12-,17+/m1/s1. The highest BCUT2D eigenvalue weighted by Crippen LogP contribution is 2.27. The molecular weight excluding hydrogens is 485 g/mol. The maximum absolute atomic E-state index is 13.3. The number of carbonyl (C=O) groups is 2. The molecule has 0 saturated carbocycles. The van der Waals surface area contributed by atoms with Crippen molar-refractivity contribution in [2.75, 3.05) is 10.6 Å². The molecule has 2 aromatic carbocycles. The molecule has 1 heterocycles. The average Bonchev–Trinajstić information content (AvgIpc) is 3.20. The molecular formula is C21H21BrFN5O2S. The molecule has 0 fully saturated rings. The van der Waals surface area contributed by atoms with Gasteiger partial charge in [0.05, 0.1) is 0 Å². The summed E-state index contributed by atoms with van der Waals surface area (Å²) in [6.45, 7) is 3.79. The molecule has 0 aliphatic rings. The highest BCUT2D eigenvalue weighted by atomic mass is 79.9. The highest BCUT2D eigenvalue weighted by Gasteiger charge is 2.27. The molecule has 3 N–H and O–H groups in total. The number of nitrogens with one attached hydrogen (secondary N) is 3. The molecule has 0 radical (unpaired) electrons. The average molecular weight is 506 g/mol. The van der Waals surface area contributed by atoms with E-state index in [1.165, 1.54) is 29.5 Å². The lowest BCUT2D eigenvalue weighted by Crippen LogP contribution is -2.49. The van der Waals surface area contributed by atoms with Crippen LogP contribution in [0.5, 0.6) is 0 Å². The van der Waals surface area contributed by atoms with Crippen LogP contribution in [0.2, 0.25) is 0 Å². The molecule has 3 rings (SSSR count). The molecule has 10 heteroatoms. The highest BCUT2D eigenvalue weighted by molar-refractivity contribution is 9.10. The van der Waals surface area contributed by atoms with Crippen molar-refractivity contribution in [2.24, 2.45) is 5.92 Å². The van der Waals surface area contributed by atoms with E-state index in [2.05, 4.69) is 42.1 Å². The summed E-state index contributed by atoms with van der Waals surface area (Å²) in [5, 5.41) is 17.1. The Balaban J connectivity index is 1.67. The van der Waals surface area contributed by atoms with Crippen LogP contribution >= 0.6 is 27.3 Å². The minimum absolute atomic E-state index is 0.142. The van der Waals surface area contributed by atoms with Crippen molar-refractivity contribution in [1.29, 1.82) is 0 Å². The molecule has 0 bridgehead atoms. The molecule has 0 unspecified atom stereocenters. The number of nitrogens with zero attached hydrogens (tertiary/aromatic N) is 2. The third-order valence-electron chi connectivity index (χ3n) is 4.61. The number of halogens is 2. The zero-order valence-corrected chi connectivity index (χ0v) is 19.3. The third kappa shape index (κ3) is 6.31. The van der Waals surface area contributed by atoms with Crippen LogP contribution in [0.4, 0.5) is 20.0 Å². The van der Waals surface area contributed by atoms with Gasteiger partial charge in [0, 0.05) is 15.7 Å². The van der Waals surface area contributed by atoms with Gasteiger partial charge in [0.1, 0.15) is 16.9 Å². The van der Waals surface area contributed by atoms with Crippen molar-refractivity contribution in [3.05, 3.63) is 58.8 Å². The number of carbonyl (C=O) groups excluding carboxylic acids is 2. The summed E-state index contributed by atoms with van der Waals surface area (Å²) in [4.78, 5) is 25.2. The number of amides is 3. The van der Waals surface area contributed by atoms with E-state index in [0.29, 0.717) is 22.2 Å². The lowest BCUT2D eigenvalue weighted by atomic mass is 9.98. The van der Waals surface area contributed by atoms with Gasteiger partial charge in [-0.3, -0.25) is 10.1 Å². The van der Waals surface area contributed by atoms with Crippen molar-refractivity contribution < 1.29 is 14.0 Å². The fraction of sp³-hybridized carbons (Fsp3) is 0.238. The largest absolute Gasteiger partial charge is 0.326 e. The second-order valence-electron chi connectivity index (χ2n) is 6.88. The number of rotatable bonds is 7. The van der Waals surface area contributed by atoms with Crippen molar-refractivity contribution in [2.45, 2.75) is 26.3 Å². The molecule has 0 aliphatic carbocycles. The molecule has 3 aromatic rings. The van der Waals surface area contributed by atoms with Crippen molar-refractivity contribution in [1.82, 2.24) is 15.5 Å². The van der Waals surface area contributed by atoms with E-state index in [4.69, 9.17) is 0 Å². The quantitative estimate of drug-likeness (QED) is 0.406. The van der Waals surface area contributed by atoms with E-state index in [0.717, 1.165) is 10.0 Å². The Labute approximate surface area is 191 Å². The predicted molar refractivity (Wildman–Crippen MR) is 123 cm³/mol. The smallest absolute Gasteiger partial charge is 0.319 e. The number of hydrogen-bond acceptors (Lipinski definition) is 5. The second-order valence-corrected chi connectivity index (χ2v) is 8.77. The molecule has 2 atom stereocenters. The van der Waals surface area contributed by atoms with Crippen molar-refractivity contribution in [3.63, 3.8) is 0 Å². The summed E-state index contributed by atoms with van der Waals surface area (Å²) < 4.78 is 14.3. The summed E-state index contributed by atoms with van der Waals surface area (Å²) in [6.07, 6.45) is 0.665. The van der Waals surface area contributed by atoms with Crippen LogP contribution in [0.1, 0.15) is 20.3 Å². The molecule has 0 saturated heterocycles. The van der Waals surface area contributed by atoms with E-state index >= 15 is 0 Å². The van der Waals surface area contributed by atoms with E-state index in [9.17, 15) is 14.0 Å². The Morgan fingerprint density at radius 1 is 1.13 bits per heavy atom. The lowest BCUT2D eigenvalue weighted by molar-refractivity contribution is -0.119. The first-order valence-electron chi connectivity index (χ1n) is 9.59. The SMILES string of the molecule is CC[C@@H](C)[C@H](NC(=O)Nc1cccc(F)c1)C(=O)Nc1nnc(-c2ccc(Br)cc2)s1. The van der Waals surface area contributed by atoms with Gasteiger partial charge in [-0.25, -0.2) is 9.18 Å². The first-order valence-corrected chi connectivity index (χ1v) is 11.2. The van der Waals surface area contributed by atoms with Gasteiger partial charge in [-0.05, 0) is 36.2 Å². The zero-order chi connectivity index (χ0) is 22.4. The summed E-state index contributed by atoms with van der Waals surface area (Å²) in [7, 11) is 0. The summed E-state index contributed by atoms with van der Waals surface area (Å²) in [6, 6.07) is 11.7. The number of aromatic nitrogens is 2. The molecule has 162 valence electrons. The molecule has 0 spiro atoms. The Bertz CT molecular complexity index is 1060. The van der Waals surface area contributed by atoms with Gasteiger partial charge < -0.3 is 10.6 Å². The molecule has 1 aromatic heterocycles. The van der Waals surface area contributed by atoms with E-state index < -0.39 is 23.8 Å². The van der Waals surface area contributed by atoms with Crippen LogP contribution in [0.25, 0.3) is 10.6 Å². The van der Waals surface area contributed by atoms with Gasteiger partial charge in [-0.1, -0.05) is 65.7 Å². The van der Waals surface area contributed by atoms with E-state index in [-0.39, 0.29) is 5.92 Å². The fourth-order valence-electron chi connectivity index (χ4n) is 2.74. The maximum atomic E-state index is 13.3. The zero-order valence-electron chi connectivity index (χ0n) is 16.9. The Hall–Kier alpha value is -2.85. The number of benzene rings is 2. The van der Waals surface area contributed by atoms with E-state index in [1.807, 2.05) is 38.1 Å². The van der Waals surface area contributed by atoms with E-state index in [1.54, 1.807) is 6.07 Å². The number of hydrogen-bond donors (Lipinski definition) is 3.